The van der Waals surface area contributed by atoms with E-state index in [9.17, 15) is 0 Å². The van der Waals surface area contributed by atoms with Gasteiger partial charge in [0.15, 0.2) is 0 Å². The van der Waals surface area contributed by atoms with Crippen molar-refractivity contribution in [1.29, 1.82) is 0 Å². The average molecular weight is 709 g/mol. The molecule has 0 aliphatic carbocycles. The number of hydrogen-bond acceptors (Lipinski definition) is 0. The monoisotopic (exact) mass is 708 g/mol. The van der Waals surface area contributed by atoms with Crippen molar-refractivity contribution in [3.8, 4) is 55.6 Å². The molecule has 0 spiro atoms. The Bertz CT molecular complexity index is 3300. The molecule has 0 unspecified atom stereocenters. The third kappa shape index (κ3) is 5.46. The summed E-state index contributed by atoms with van der Waals surface area (Å²) in [6.45, 7) is 0. The Morgan fingerprint density at radius 1 is 0.196 bits per heavy atom. The van der Waals surface area contributed by atoms with E-state index >= 15 is 0 Å². The lowest BCUT2D eigenvalue weighted by molar-refractivity contribution is 1.60. The van der Waals surface area contributed by atoms with Crippen LogP contribution in [0.3, 0.4) is 0 Å². The first-order chi connectivity index (χ1) is 27.7. The zero-order valence-corrected chi connectivity index (χ0v) is 30.8. The molecule has 11 aromatic rings. The molecule has 11 aromatic carbocycles. The average Bonchev–Trinajstić information content (AvgIpc) is 3.27. The third-order valence-corrected chi connectivity index (χ3v) is 11.6. The molecule has 0 amide bonds. The fourth-order valence-corrected chi connectivity index (χ4v) is 8.87. The standard InChI is InChI=1S/C56H36/c1-3-15-40-32-44(28-26-37(40)12-1)42-19-9-21-46(34-42)50-30-31-52(47-22-10-20-43(35-47)45-29-27-38-13-2-4-16-41(38)33-45)56-54(50)36-48-17-6-8-24-51(48)55(56)53-25-11-18-39-14-5-7-23-49(39)53/h1-36H. The van der Waals surface area contributed by atoms with Gasteiger partial charge in [0.05, 0.1) is 0 Å². The summed E-state index contributed by atoms with van der Waals surface area (Å²) in [6, 6.07) is 80.6. The first-order valence-corrected chi connectivity index (χ1v) is 19.4. The van der Waals surface area contributed by atoms with Crippen LogP contribution in [0.2, 0.25) is 0 Å². The van der Waals surface area contributed by atoms with Crippen molar-refractivity contribution in [3.05, 3.63) is 218 Å². The third-order valence-electron chi connectivity index (χ3n) is 11.6. The Balaban J connectivity index is 1.19. The van der Waals surface area contributed by atoms with E-state index in [1.807, 2.05) is 0 Å². The first-order valence-electron chi connectivity index (χ1n) is 19.4. The SMILES string of the molecule is c1cc(-c2ccc3ccccc3c2)cc(-c2ccc(-c3cccc(-c4ccc5ccccc5c4)c3)c3c(-c4cccc5ccccc45)c4ccccc4cc23)c1. The molecule has 0 bridgehead atoms. The van der Waals surface area contributed by atoms with E-state index < -0.39 is 0 Å². The van der Waals surface area contributed by atoms with Crippen molar-refractivity contribution in [2.24, 2.45) is 0 Å². The molecule has 260 valence electrons. The molecular weight excluding hydrogens is 673 g/mol. The maximum Gasteiger partial charge on any atom is -0.00139 e. The van der Waals surface area contributed by atoms with E-state index in [2.05, 4.69) is 218 Å². The molecule has 0 radical (unpaired) electrons. The van der Waals surface area contributed by atoms with Crippen LogP contribution in [0.15, 0.2) is 218 Å². The number of rotatable bonds is 5. The van der Waals surface area contributed by atoms with Gasteiger partial charge in [0.1, 0.15) is 0 Å². The normalized spacial score (nSPS) is 11.6. The number of hydrogen-bond donors (Lipinski definition) is 0. The quantitative estimate of drug-likeness (QED) is 0.156. The van der Waals surface area contributed by atoms with E-state index in [0.29, 0.717) is 0 Å². The maximum atomic E-state index is 2.42. The number of benzene rings is 11. The maximum absolute atomic E-state index is 2.42. The van der Waals surface area contributed by atoms with E-state index in [4.69, 9.17) is 0 Å². The highest BCUT2D eigenvalue weighted by atomic mass is 14.2. The first kappa shape index (κ1) is 32.2. The van der Waals surface area contributed by atoms with Crippen molar-refractivity contribution in [2.45, 2.75) is 0 Å². The van der Waals surface area contributed by atoms with Gasteiger partial charge in [0, 0.05) is 0 Å². The summed E-state index contributed by atoms with van der Waals surface area (Å²) >= 11 is 0. The molecule has 0 nitrogen and oxygen atoms in total. The predicted molar refractivity (Wildman–Crippen MR) is 241 cm³/mol. The second-order valence-corrected chi connectivity index (χ2v) is 14.9. The van der Waals surface area contributed by atoms with Crippen molar-refractivity contribution in [3.63, 3.8) is 0 Å². The highest BCUT2D eigenvalue weighted by Gasteiger charge is 2.20. The Labute approximate surface area is 326 Å². The van der Waals surface area contributed by atoms with Crippen molar-refractivity contribution in [2.75, 3.05) is 0 Å². The van der Waals surface area contributed by atoms with Crippen LogP contribution in [-0.2, 0) is 0 Å². The second-order valence-electron chi connectivity index (χ2n) is 14.9. The fraction of sp³-hybridized carbons (Fsp3) is 0. The van der Waals surface area contributed by atoms with Gasteiger partial charge in [0.25, 0.3) is 0 Å². The molecule has 0 aromatic heterocycles. The minimum Gasteiger partial charge on any atom is -0.0616 e. The highest BCUT2D eigenvalue weighted by Crippen LogP contribution is 2.47. The summed E-state index contributed by atoms with van der Waals surface area (Å²) in [5.74, 6) is 0. The van der Waals surface area contributed by atoms with Gasteiger partial charge in [-0.15, -0.1) is 0 Å². The van der Waals surface area contributed by atoms with Gasteiger partial charge in [0.2, 0.25) is 0 Å². The lowest BCUT2D eigenvalue weighted by Crippen LogP contribution is -1.93. The molecule has 0 fully saturated rings. The molecule has 0 saturated heterocycles. The molecule has 0 atom stereocenters. The summed E-state index contributed by atoms with van der Waals surface area (Å²) in [6.07, 6.45) is 0. The van der Waals surface area contributed by atoms with E-state index in [-0.39, 0.29) is 0 Å². The predicted octanol–water partition coefficient (Wildman–Crippen LogP) is 15.8. The topological polar surface area (TPSA) is 0 Å². The lowest BCUT2D eigenvalue weighted by Gasteiger charge is -2.20. The van der Waals surface area contributed by atoms with Crippen LogP contribution in [0.1, 0.15) is 0 Å². The van der Waals surface area contributed by atoms with Gasteiger partial charge in [-0.1, -0.05) is 188 Å². The molecule has 11 rings (SSSR count). The van der Waals surface area contributed by atoms with Gasteiger partial charge in [-0.25, -0.2) is 0 Å². The van der Waals surface area contributed by atoms with Crippen LogP contribution in [0.4, 0.5) is 0 Å². The zero-order chi connectivity index (χ0) is 37.0. The summed E-state index contributed by atoms with van der Waals surface area (Å²) in [5.41, 5.74) is 12.2. The van der Waals surface area contributed by atoms with E-state index in [1.54, 1.807) is 0 Å². The Morgan fingerprint density at radius 3 is 1.32 bits per heavy atom. The van der Waals surface area contributed by atoms with Gasteiger partial charge in [-0.3, -0.25) is 0 Å². The molecule has 56 heavy (non-hydrogen) atoms. The minimum atomic E-state index is 1.20. The van der Waals surface area contributed by atoms with Crippen LogP contribution >= 0.6 is 0 Å². The summed E-state index contributed by atoms with van der Waals surface area (Å²) in [4.78, 5) is 0. The summed E-state index contributed by atoms with van der Waals surface area (Å²) in [5, 5.41) is 12.5. The van der Waals surface area contributed by atoms with Crippen molar-refractivity contribution >= 4 is 53.9 Å². The van der Waals surface area contributed by atoms with Crippen molar-refractivity contribution in [1.82, 2.24) is 0 Å². The molecule has 0 heterocycles. The van der Waals surface area contributed by atoms with Crippen LogP contribution in [0.25, 0.3) is 109 Å². The Morgan fingerprint density at radius 2 is 0.661 bits per heavy atom. The minimum absolute atomic E-state index is 1.20. The van der Waals surface area contributed by atoms with E-state index in [1.165, 1.54) is 109 Å². The van der Waals surface area contributed by atoms with Crippen LogP contribution in [0, 0.1) is 0 Å². The highest BCUT2D eigenvalue weighted by molar-refractivity contribution is 6.23. The molecule has 0 saturated carbocycles. The number of fused-ring (bicyclic) bond motifs is 5. The van der Waals surface area contributed by atoms with Crippen LogP contribution in [0.5, 0.6) is 0 Å². The smallest absolute Gasteiger partial charge is 0.00139 e. The van der Waals surface area contributed by atoms with E-state index in [0.717, 1.165) is 0 Å². The van der Waals surface area contributed by atoms with Crippen molar-refractivity contribution < 1.29 is 0 Å². The van der Waals surface area contributed by atoms with Gasteiger partial charge in [-0.2, -0.15) is 0 Å². The molecule has 0 aliphatic heterocycles. The molecule has 0 N–H and O–H groups in total. The lowest BCUT2D eigenvalue weighted by atomic mass is 9.83. The van der Waals surface area contributed by atoms with Crippen LogP contribution < -0.4 is 0 Å². The molecule has 0 heteroatoms. The molecular formula is C56H36. The van der Waals surface area contributed by atoms with Gasteiger partial charge < -0.3 is 0 Å². The summed E-state index contributed by atoms with van der Waals surface area (Å²) in [7, 11) is 0. The Hall–Kier alpha value is -7.28. The zero-order valence-electron chi connectivity index (χ0n) is 30.8. The largest absolute Gasteiger partial charge is 0.0616 e. The second kappa shape index (κ2) is 13.2. The van der Waals surface area contributed by atoms with Gasteiger partial charge in [-0.05, 0) is 140 Å². The molecule has 0 aliphatic rings. The fourth-order valence-electron chi connectivity index (χ4n) is 8.87. The Kier molecular flexibility index (Phi) is 7.60. The van der Waals surface area contributed by atoms with Gasteiger partial charge >= 0.3 is 0 Å². The van der Waals surface area contributed by atoms with Crippen LogP contribution in [-0.4, -0.2) is 0 Å². The summed E-state index contributed by atoms with van der Waals surface area (Å²) < 4.78 is 0.